The first kappa shape index (κ1) is 29.2. The Morgan fingerprint density at radius 2 is 1.67 bits per heavy atom. The number of fused-ring (bicyclic) bond motifs is 1. The van der Waals surface area contributed by atoms with E-state index >= 15 is 0 Å². The van der Waals surface area contributed by atoms with Crippen molar-refractivity contribution in [3.8, 4) is 0 Å². The smallest absolute Gasteiger partial charge is 0.200 e. The van der Waals surface area contributed by atoms with Crippen LogP contribution in [0.1, 0.15) is 85.0 Å². The molecule has 1 heterocycles. The van der Waals surface area contributed by atoms with Gasteiger partial charge < -0.3 is 14.9 Å². The number of rotatable bonds is 7. The minimum absolute atomic E-state index is 0.0762. The molecule has 1 aromatic carbocycles. The first-order valence-corrected chi connectivity index (χ1v) is 13.8. The van der Waals surface area contributed by atoms with Crippen molar-refractivity contribution in [1.29, 1.82) is 0 Å². The Morgan fingerprint density at radius 3 is 2.21 bits per heavy atom. The summed E-state index contributed by atoms with van der Waals surface area (Å²) in [6, 6.07) is 8.60. The molecular weight excluding hydrogens is 492 g/mol. The Balaban J connectivity index is 2.07. The third-order valence-corrected chi connectivity index (χ3v) is 9.09. The predicted octanol–water partition coefficient (Wildman–Crippen LogP) is 5.54. The van der Waals surface area contributed by atoms with E-state index in [2.05, 4.69) is 0 Å². The minimum Gasteiger partial charge on any atom is -0.490 e. The lowest BCUT2D eigenvalue weighted by molar-refractivity contribution is -0.166. The molecule has 2 fully saturated rings. The topological polar surface area (TPSA) is 101 Å². The Labute approximate surface area is 231 Å². The van der Waals surface area contributed by atoms with Gasteiger partial charge in [-0.1, -0.05) is 68.0 Å². The Kier molecular flexibility index (Phi) is 7.01. The average Bonchev–Trinajstić information content (AvgIpc) is 3.21. The summed E-state index contributed by atoms with van der Waals surface area (Å²) in [4.78, 5) is 43.8. The highest BCUT2D eigenvalue weighted by atomic mass is 16.5. The summed E-state index contributed by atoms with van der Waals surface area (Å²) in [6.45, 7) is 14.3. The van der Waals surface area contributed by atoms with Crippen LogP contribution in [0.15, 0.2) is 65.5 Å². The van der Waals surface area contributed by atoms with Gasteiger partial charge in [0.2, 0.25) is 0 Å². The quantitative estimate of drug-likeness (QED) is 0.206. The fourth-order valence-electron chi connectivity index (χ4n) is 6.63. The van der Waals surface area contributed by atoms with E-state index in [-0.39, 0.29) is 35.9 Å². The molecule has 39 heavy (non-hydrogen) atoms. The van der Waals surface area contributed by atoms with Crippen LogP contribution in [0.5, 0.6) is 0 Å². The van der Waals surface area contributed by atoms with Gasteiger partial charge in [-0.05, 0) is 65.7 Å². The Morgan fingerprint density at radius 1 is 1.05 bits per heavy atom. The van der Waals surface area contributed by atoms with Gasteiger partial charge in [0.1, 0.15) is 22.9 Å². The van der Waals surface area contributed by atoms with Gasteiger partial charge in [-0.2, -0.15) is 0 Å². The molecule has 0 amide bonds. The fourth-order valence-corrected chi connectivity index (χ4v) is 6.63. The number of allylic oxidation sites excluding steroid dienone is 5. The molecule has 6 heteroatoms. The van der Waals surface area contributed by atoms with Gasteiger partial charge in [0.05, 0.1) is 16.6 Å². The summed E-state index contributed by atoms with van der Waals surface area (Å²) < 4.78 is 6.31. The van der Waals surface area contributed by atoms with E-state index in [4.69, 9.17) is 4.74 Å². The van der Waals surface area contributed by atoms with Crippen LogP contribution < -0.4 is 0 Å². The van der Waals surface area contributed by atoms with Crippen molar-refractivity contribution >= 4 is 17.3 Å². The lowest BCUT2D eigenvalue weighted by Gasteiger charge is -2.58. The molecule has 1 saturated heterocycles. The second-order valence-corrected chi connectivity index (χ2v) is 13.5. The Bertz CT molecular complexity index is 1280. The van der Waals surface area contributed by atoms with Gasteiger partial charge in [0.25, 0.3) is 0 Å². The Hall–Kier alpha value is -2.83. The highest BCUT2D eigenvalue weighted by molar-refractivity contribution is 6.35. The van der Waals surface area contributed by atoms with Crippen molar-refractivity contribution in [2.45, 2.75) is 92.0 Å². The summed E-state index contributed by atoms with van der Waals surface area (Å²) in [6.07, 6.45) is 5.39. The van der Waals surface area contributed by atoms with E-state index in [0.29, 0.717) is 12.0 Å². The molecule has 0 aromatic heterocycles. The van der Waals surface area contributed by atoms with Crippen LogP contribution in [-0.2, 0) is 14.3 Å². The highest BCUT2D eigenvalue weighted by Gasteiger charge is 2.75. The summed E-state index contributed by atoms with van der Waals surface area (Å²) in [5.74, 6) is -1.41. The number of ether oxygens (including phenoxy) is 1. The zero-order valence-corrected chi connectivity index (χ0v) is 24.4. The molecule has 0 radical (unpaired) electrons. The number of aliphatic hydroxyl groups is 2. The van der Waals surface area contributed by atoms with E-state index in [1.54, 1.807) is 64.1 Å². The zero-order chi connectivity index (χ0) is 29.2. The standard InChI is InChI=1S/C33H42O6/c1-20(2)14-17-33-26(35)24(25(34)21-12-10-9-11-13-21)27-32(28(33)36,19-23(39-27)31(7,8)38)18-22(30(33,5)6)15-16-29(3,4)37/h9-16,22-23,37-38H,17-19H2,1-8H3. The minimum atomic E-state index is -1.53. The molecule has 2 bridgehead atoms. The van der Waals surface area contributed by atoms with Gasteiger partial charge in [-0.15, -0.1) is 0 Å². The molecule has 3 aliphatic rings. The van der Waals surface area contributed by atoms with E-state index in [1.165, 1.54) is 0 Å². The molecule has 4 unspecified atom stereocenters. The third kappa shape index (κ3) is 4.55. The molecule has 6 nitrogen and oxygen atoms in total. The van der Waals surface area contributed by atoms with Crippen LogP contribution in [0, 0.1) is 22.2 Å². The maximum atomic E-state index is 14.9. The summed E-state index contributed by atoms with van der Waals surface area (Å²) in [5, 5.41) is 21.5. The van der Waals surface area contributed by atoms with E-state index in [0.717, 1.165) is 5.57 Å². The summed E-state index contributed by atoms with van der Waals surface area (Å²) in [7, 11) is 0. The molecule has 4 rings (SSSR count). The fraction of sp³-hybridized carbons (Fsp3) is 0.545. The van der Waals surface area contributed by atoms with Crippen molar-refractivity contribution in [2.75, 3.05) is 0 Å². The number of benzene rings is 1. The number of hydrogen-bond donors (Lipinski definition) is 2. The molecule has 1 aromatic rings. The summed E-state index contributed by atoms with van der Waals surface area (Å²) in [5.41, 5.74) is -4.83. The number of ketones is 3. The maximum Gasteiger partial charge on any atom is 0.200 e. The third-order valence-electron chi connectivity index (χ3n) is 9.09. The highest BCUT2D eigenvalue weighted by Crippen LogP contribution is 2.68. The van der Waals surface area contributed by atoms with Crippen molar-refractivity contribution in [2.24, 2.45) is 22.2 Å². The largest absolute Gasteiger partial charge is 0.490 e. The molecule has 4 atom stereocenters. The number of Topliss-reactive ketones (excluding diaryl/α,β-unsaturated/α-hetero) is 3. The second-order valence-electron chi connectivity index (χ2n) is 13.5. The van der Waals surface area contributed by atoms with Gasteiger partial charge in [0.15, 0.2) is 17.3 Å². The molecule has 2 N–H and O–H groups in total. The molecule has 1 saturated carbocycles. The molecule has 1 aliphatic heterocycles. The van der Waals surface area contributed by atoms with E-state index in [1.807, 2.05) is 39.8 Å². The van der Waals surface area contributed by atoms with Crippen LogP contribution in [0.2, 0.25) is 0 Å². The van der Waals surface area contributed by atoms with Crippen LogP contribution in [0.4, 0.5) is 0 Å². The van der Waals surface area contributed by atoms with Crippen molar-refractivity contribution in [3.63, 3.8) is 0 Å². The average molecular weight is 535 g/mol. The van der Waals surface area contributed by atoms with Gasteiger partial charge in [-0.25, -0.2) is 0 Å². The van der Waals surface area contributed by atoms with Gasteiger partial charge >= 0.3 is 0 Å². The number of hydrogen-bond acceptors (Lipinski definition) is 6. The monoisotopic (exact) mass is 534 g/mol. The normalized spacial score (nSPS) is 30.3. The number of carbonyl (C=O) groups is 3. The van der Waals surface area contributed by atoms with Crippen molar-refractivity contribution in [3.05, 3.63) is 71.0 Å². The SMILES string of the molecule is CC(C)=CCC12C(=O)C(C(=O)c3ccccc3)=C3OC(C(C)(C)O)CC3(CC(C=CC(C)(C)O)C1(C)C)C2=O. The maximum absolute atomic E-state index is 14.9. The predicted molar refractivity (Wildman–Crippen MR) is 150 cm³/mol. The van der Waals surface area contributed by atoms with Crippen LogP contribution in [-0.4, -0.2) is 44.9 Å². The second kappa shape index (κ2) is 9.38. The van der Waals surface area contributed by atoms with Crippen LogP contribution in [0.25, 0.3) is 0 Å². The lowest BCUT2D eigenvalue weighted by atomic mass is 9.40. The van der Waals surface area contributed by atoms with E-state index < -0.39 is 45.1 Å². The van der Waals surface area contributed by atoms with E-state index in [9.17, 15) is 24.6 Å². The first-order valence-electron chi connectivity index (χ1n) is 13.8. The van der Waals surface area contributed by atoms with Crippen molar-refractivity contribution < 1.29 is 29.3 Å². The molecular formula is C33H42O6. The number of carbonyl (C=O) groups excluding carboxylic acids is 3. The summed E-state index contributed by atoms with van der Waals surface area (Å²) >= 11 is 0. The molecule has 210 valence electrons. The molecule has 1 spiro atoms. The van der Waals surface area contributed by atoms with Gasteiger partial charge in [0, 0.05) is 12.0 Å². The lowest BCUT2D eigenvalue weighted by Crippen LogP contribution is -2.66. The van der Waals surface area contributed by atoms with Crippen molar-refractivity contribution in [1.82, 2.24) is 0 Å². The zero-order valence-electron chi connectivity index (χ0n) is 24.4. The first-order chi connectivity index (χ1) is 17.9. The van der Waals surface area contributed by atoms with Gasteiger partial charge in [-0.3, -0.25) is 14.4 Å². The van der Waals surface area contributed by atoms with Crippen LogP contribution >= 0.6 is 0 Å². The van der Waals surface area contributed by atoms with Crippen LogP contribution in [0.3, 0.4) is 0 Å². The molecule has 2 aliphatic carbocycles.